The first kappa shape index (κ1) is 14.2. The van der Waals surface area contributed by atoms with Gasteiger partial charge >= 0.3 is 0 Å². The van der Waals surface area contributed by atoms with Gasteiger partial charge in [0.15, 0.2) is 5.76 Å². The summed E-state index contributed by atoms with van der Waals surface area (Å²) in [6.07, 6.45) is 5.85. The molecule has 0 bridgehead atoms. The maximum atomic E-state index is 5.68. The highest BCUT2D eigenvalue weighted by Gasteiger charge is 2.19. The summed E-state index contributed by atoms with van der Waals surface area (Å²) in [6.45, 7) is 4.68. The lowest BCUT2D eigenvalue weighted by molar-refractivity contribution is 0.347. The van der Waals surface area contributed by atoms with Gasteiger partial charge in [-0.15, -0.1) is 10.2 Å². The number of nitrogens with one attached hydrogen (secondary N) is 2. The minimum Gasteiger partial charge on any atom is -0.460 e. The van der Waals surface area contributed by atoms with E-state index in [1.807, 2.05) is 31.6 Å². The highest BCUT2D eigenvalue weighted by molar-refractivity contribution is 5.56. The molecule has 0 spiro atoms. The number of fused-ring (bicyclic) bond motifs is 1. The van der Waals surface area contributed by atoms with Crippen molar-refractivity contribution in [2.75, 3.05) is 6.54 Å². The van der Waals surface area contributed by atoms with E-state index in [0.29, 0.717) is 5.92 Å². The van der Waals surface area contributed by atoms with Crippen LogP contribution in [-0.2, 0) is 19.5 Å². The lowest BCUT2D eigenvalue weighted by Gasteiger charge is -2.23. The molecule has 0 aromatic carbocycles. The first-order chi connectivity index (χ1) is 11.3. The largest absolute Gasteiger partial charge is 0.460 e. The van der Waals surface area contributed by atoms with E-state index in [2.05, 4.69) is 30.3 Å². The fourth-order valence-electron chi connectivity index (χ4n) is 3.13. The number of H-pyrrole nitrogens is 1. The molecule has 0 radical (unpaired) electrons. The van der Waals surface area contributed by atoms with Gasteiger partial charge < -0.3 is 14.3 Å². The quantitative estimate of drug-likeness (QED) is 0.752. The summed E-state index contributed by atoms with van der Waals surface area (Å²) in [5.74, 6) is 3.45. The molecule has 0 saturated carbocycles. The van der Waals surface area contributed by atoms with Gasteiger partial charge in [0.05, 0.1) is 6.20 Å². The van der Waals surface area contributed by atoms with Crippen molar-refractivity contribution in [3.63, 3.8) is 0 Å². The zero-order chi connectivity index (χ0) is 15.6. The average Bonchev–Trinajstić information content (AvgIpc) is 3.26. The van der Waals surface area contributed by atoms with Crippen molar-refractivity contribution in [2.24, 2.45) is 5.92 Å². The van der Waals surface area contributed by atoms with Crippen LogP contribution in [0.15, 0.2) is 29.1 Å². The molecule has 1 aliphatic heterocycles. The molecule has 7 heteroatoms. The summed E-state index contributed by atoms with van der Waals surface area (Å²) >= 11 is 0. The van der Waals surface area contributed by atoms with Gasteiger partial charge in [-0.1, -0.05) is 0 Å². The fourth-order valence-corrected chi connectivity index (χ4v) is 3.13. The standard InChI is InChI=1S/C16H20N6O/c1-11-2-4-14(23-11)16-13(8-18-21-16)7-17-6-12-3-5-15-20-19-10-22(15)9-12/h2,4,8,10,12,17H,3,5-7,9H2,1H3,(H,18,21)/t12-/m1/s1. The lowest BCUT2D eigenvalue weighted by Crippen LogP contribution is -2.29. The van der Waals surface area contributed by atoms with Gasteiger partial charge in [0.25, 0.3) is 0 Å². The van der Waals surface area contributed by atoms with E-state index in [0.717, 1.165) is 61.1 Å². The van der Waals surface area contributed by atoms with Crippen LogP contribution in [0.5, 0.6) is 0 Å². The van der Waals surface area contributed by atoms with Crippen molar-refractivity contribution in [3.05, 3.63) is 41.8 Å². The van der Waals surface area contributed by atoms with Crippen molar-refractivity contribution < 1.29 is 4.42 Å². The molecule has 23 heavy (non-hydrogen) atoms. The molecule has 3 aromatic rings. The molecule has 7 nitrogen and oxygen atoms in total. The molecule has 0 fully saturated rings. The first-order valence-corrected chi connectivity index (χ1v) is 7.96. The van der Waals surface area contributed by atoms with E-state index < -0.39 is 0 Å². The zero-order valence-corrected chi connectivity index (χ0v) is 13.1. The lowest BCUT2D eigenvalue weighted by atomic mass is 9.99. The number of nitrogens with zero attached hydrogens (tertiary/aromatic N) is 4. The zero-order valence-electron chi connectivity index (χ0n) is 13.1. The molecule has 0 unspecified atom stereocenters. The van der Waals surface area contributed by atoms with Crippen molar-refractivity contribution >= 4 is 0 Å². The van der Waals surface area contributed by atoms with Gasteiger partial charge in [-0.2, -0.15) is 5.10 Å². The van der Waals surface area contributed by atoms with Crippen LogP contribution in [0.1, 0.15) is 23.6 Å². The molecule has 1 atom stereocenters. The van der Waals surface area contributed by atoms with Crippen LogP contribution in [-0.4, -0.2) is 31.5 Å². The predicted octanol–water partition coefficient (Wildman–Crippen LogP) is 1.92. The summed E-state index contributed by atoms with van der Waals surface area (Å²) in [5.41, 5.74) is 2.08. The second kappa shape index (κ2) is 6.00. The monoisotopic (exact) mass is 312 g/mol. The van der Waals surface area contributed by atoms with Crippen LogP contribution in [0, 0.1) is 12.8 Å². The molecule has 0 aliphatic carbocycles. The predicted molar refractivity (Wildman–Crippen MR) is 84.6 cm³/mol. The van der Waals surface area contributed by atoms with E-state index in [9.17, 15) is 0 Å². The Morgan fingerprint density at radius 1 is 1.43 bits per heavy atom. The maximum Gasteiger partial charge on any atom is 0.152 e. The number of aromatic amines is 1. The van der Waals surface area contributed by atoms with Crippen molar-refractivity contribution in [3.8, 4) is 11.5 Å². The molecular formula is C16H20N6O. The third-order valence-corrected chi connectivity index (χ3v) is 4.38. The molecule has 2 N–H and O–H groups in total. The highest BCUT2D eigenvalue weighted by atomic mass is 16.3. The van der Waals surface area contributed by atoms with Crippen LogP contribution in [0.25, 0.3) is 11.5 Å². The molecular weight excluding hydrogens is 292 g/mol. The van der Waals surface area contributed by atoms with Crippen molar-refractivity contribution in [1.29, 1.82) is 0 Å². The molecule has 3 aromatic heterocycles. The van der Waals surface area contributed by atoms with Crippen molar-refractivity contribution in [1.82, 2.24) is 30.3 Å². The van der Waals surface area contributed by atoms with Crippen LogP contribution >= 0.6 is 0 Å². The molecule has 0 saturated heterocycles. The minimum absolute atomic E-state index is 0.611. The Balaban J connectivity index is 1.35. The topological polar surface area (TPSA) is 84.6 Å². The van der Waals surface area contributed by atoms with E-state index in [4.69, 9.17) is 4.42 Å². The Labute approximate surface area is 134 Å². The normalized spacial score (nSPS) is 17.3. The van der Waals surface area contributed by atoms with Gasteiger partial charge in [-0.3, -0.25) is 5.10 Å². The van der Waals surface area contributed by atoms with Crippen LogP contribution in [0.3, 0.4) is 0 Å². The van der Waals surface area contributed by atoms with Gasteiger partial charge in [-0.05, 0) is 37.9 Å². The Morgan fingerprint density at radius 2 is 2.39 bits per heavy atom. The Hall–Kier alpha value is -2.41. The number of hydrogen-bond donors (Lipinski definition) is 2. The maximum absolute atomic E-state index is 5.68. The van der Waals surface area contributed by atoms with Gasteiger partial charge in [0.1, 0.15) is 23.6 Å². The van der Waals surface area contributed by atoms with E-state index in [-0.39, 0.29) is 0 Å². The summed E-state index contributed by atoms with van der Waals surface area (Å²) in [6, 6.07) is 3.94. The van der Waals surface area contributed by atoms with Crippen LogP contribution in [0.4, 0.5) is 0 Å². The fraction of sp³-hybridized carbons (Fsp3) is 0.438. The SMILES string of the molecule is Cc1ccc(-c2[nH]ncc2CNC[C@H]2CCc3nncn3C2)o1. The number of furan rings is 1. The van der Waals surface area contributed by atoms with Gasteiger partial charge in [-0.25, -0.2) is 0 Å². The first-order valence-electron chi connectivity index (χ1n) is 7.96. The van der Waals surface area contributed by atoms with Gasteiger partial charge in [0.2, 0.25) is 0 Å². The third-order valence-electron chi connectivity index (χ3n) is 4.38. The summed E-state index contributed by atoms with van der Waals surface area (Å²) in [4.78, 5) is 0. The number of aryl methyl sites for hydroxylation is 2. The number of hydrogen-bond acceptors (Lipinski definition) is 5. The van der Waals surface area contributed by atoms with Gasteiger partial charge in [0, 0.05) is 25.1 Å². The molecule has 4 rings (SSSR count). The van der Waals surface area contributed by atoms with Crippen molar-refractivity contribution in [2.45, 2.75) is 32.9 Å². The second-order valence-corrected chi connectivity index (χ2v) is 6.12. The Morgan fingerprint density at radius 3 is 3.26 bits per heavy atom. The molecule has 0 amide bonds. The van der Waals surface area contributed by atoms with E-state index in [1.54, 1.807) is 0 Å². The Bertz CT molecular complexity index is 786. The Kier molecular flexibility index (Phi) is 3.70. The van der Waals surface area contributed by atoms with E-state index >= 15 is 0 Å². The third kappa shape index (κ3) is 2.92. The highest BCUT2D eigenvalue weighted by Crippen LogP contribution is 2.23. The number of aromatic nitrogens is 5. The van der Waals surface area contributed by atoms with E-state index in [1.165, 1.54) is 0 Å². The molecule has 1 aliphatic rings. The smallest absolute Gasteiger partial charge is 0.152 e. The summed E-state index contributed by atoms with van der Waals surface area (Å²) in [5, 5.41) is 18.8. The molecule has 120 valence electrons. The summed E-state index contributed by atoms with van der Waals surface area (Å²) in [7, 11) is 0. The average molecular weight is 312 g/mol. The van der Waals surface area contributed by atoms with Crippen LogP contribution in [0.2, 0.25) is 0 Å². The number of rotatable bonds is 5. The minimum atomic E-state index is 0.611. The molecule has 4 heterocycles. The second-order valence-electron chi connectivity index (χ2n) is 6.12. The summed E-state index contributed by atoms with van der Waals surface area (Å²) < 4.78 is 7.84. The van der Waals surface area contributed by atoms with Crippen LogP contribution < -0.4 is 5.32 Å².